The number of anilines is 2. The van der Waals surface area contributed by atoms with Gasteiger partial charge in [0.25, 0.3) is 0 Å². The smallest absolute Gasteiger partial charge is 0.229 e. The molecule has 2 aromatic heterocycles. The fraction of sp³-hybridized carbons (Fsp3) is 0.450. The minimum Gasteiger partial charge on any atom is -0.356 e. The van der Waals surface area contributed by atoms with Crippen molar-refractivity contribution in [3.8, 4) is 11.3 Å². The van der Waals surface area contributed by atoms with E-state index in [4.69, 9.17) is 15.1 Å². The van der Waals surface area contributed by atoms with Crippen molar-refractivity contribution >= 4 is 22.8 Å². The largest absolute Gasteiger partial charge is 0.356 e. The highest BCUT2D eigenvalue weighted by atomic mass is 15.4. The minimum atomic E-state index is 0.861. The quantitative estimate of drug-likeness (QED) is 0.727. The fourth-order valence-corrected chi connectivity index (χ4v) is 4.13. The van der Waals surface area contributed by atoms with Gasteiger partial charge in [-0.25, -0.2) is 4.68 Å². The standard InChI is InChI=1S/C20H24N6/c1-24-18-16(17(23-24)15-9-3-2-4-10-15)19(25-11-5-6-12-25)22-20(21-18)26-13-7-8-14-26/h2-4,9-10H,5-8,11-14H2,1H3. The zero-order valence-electron chi connectivity index (χ0n) is 15.2. The molecule has 0 unspecified atom stereocenters. The van der Waals surface area contributed by atoms with E-state index < -0.39 is 0 Å². The van der Waals surface area contributed by atoms with Crippen LogP contribution in [0.1, 0.15) is 25.7 Å². The first-order valence-corrected chi connectivity index (χ1v) is 9.61. The molecule has 0 saturated carbocycles. The van der Waals surface area contributed by atoms with Crippen LogP contribution in [0.5, 0.6) is 0 Å². The van der Waals surface area contributed by atoms with Crippen LogP contribution in [0.3, 0.4) is 0 Å². The Morgan fingerprint density at radius 3 is 2.15 bits per heavy atom. The lowest BCUT2D eigenvalue weighted by atomic mass is 10.1. The molecule has 6 heteroatoms. The number of nitrogens with zero attached hydrogens (tertiary/aromatic N) is 6. The first kappa shape index (κ1) is 15.6. The zero-order chi connectivity index (χ0) is 17.5. The van der Waals surface area contributed by atoms with Crippen molar-refractivity contribution < 1.29 is 0 Å². The molecule has 1 aromatic carbocycles. The Morgan fingerprint density at radius 2 is 1.46 bits per heavy atom. The summed E-state index contributed by atoms with van der Waals surface area (Å²) in [6.07, 6.45) is 4.90. The molecule has 5 rings (SSSR count). The molecule has 2 saturated heterocycles. The number of aromatic nitrogens is 4. The molecule has 2 aliphatic rings. The molecule has 0 radical (unpaired) electrons. The van der Waals surface area contributed by atoms with Gasteiger partial charge < -0.3 is 9.80 Å². The predicted octanol–water partition coefficient (Wildman–Crippen LogP) is 3.23. The molecular formula is C20H24N6. The summed E-state index contributed by atoms with van der Waals surface area (Å²) in [5, 5.41) is 5.92. The van der Waals surface area contributed by atoms with Crippen LogP contribution in [0, 0.1) is 0 Å². The summed E-state index contributed by atoms with van der Waals surface area (Å²) >= 11 is 0. The van der Waals surface area contributed by atoms with E-state index in [1.54, 1.807) is 0 Å². The van der Waals surface area contributed by atoms with Gasteiger partial charge in [-0.15, -0.1) is 0 Å². The van der Waals surface area contributed by atoms with Gasteiger partial charge >= 0.3 is 0 Å². The van der Waals surface area contributed by atoms with Crippen molar-refractivity contribution in [1.29, 1.82) is 0 Å². The van der Waals surface area contributed by atoms with E-state index in [9.17, 15) is 0 Å². The molecular weight excluding hydrogens is 324 g/mol. The van der Waals surface area contributed by atoms with Crippen LogP contribution in [0.4, 0.5) is 11.8 Å². The number of aryl methyl sites for hydroxylation is 1. The highest BCUT2D eigenvalue weighted by molar-refractivity contribution is 6.00. The summed E-state index contributed by atoms with van der Waals surface area (Å²) < 4.78 is 1.92. The van der Waals surface area contributed by atoms with E-state index in [1.807, 2.05) is 17.8 Å². The van der Waals surface area contributed by atoms with Crippen LogP contribution in [0.2, 0.25) is 0 Å². The van der Waals surface area contributed by atoms with Crippen LogP contribution in [-0.2, 0) is 7.05 Å². The third-order valence-corrected chi connectivity index (χ3v) is 5.49. The van der Waals surface area contributed by atoms with Crippen molar-refractivity contribution in [2.24, 2.45) is 7.05 Å². The summed E-state index contributed by atoms with van der Waals surface area (Å²) in [5.74, 6) is 1.92. The topological polar surface area (TPSA) is 50.1 Å². The third kappa shape index (κ3) is 2.52. The summed E-state index contributed by atoms with van der Waals surface area (Å²) in [4.78, 5) is 14.7. The Bertz CT molecular complexity index is 920. The molecule has 0 aliphatic carbocycles. The fourth-order valence-electron chi connectivity index (χ4n) is 4.13. The van der Waals surface area contributed by atoms with E-state index >= 15 is 0 Å². The van der Waals surface area contributed by atoms with Crippen molar-refractivity contribution in [3.05, 3.63) is 30.3 Å². The lowest BCUT2D eigenvalue weighted by molar-refractivity contribution is 0.784. The highest BCUT2D eigenvalue weighted by Crippen LogP contribution is 2.36. The van der Waals surface area contributed by atoms with Gasteiger partial charge in [-0.3, -0.25) is 0 Å². The van der Waals surface area contributed by atoms with Crippen LogP contribution in [0.15, 0.2) is 30.3 Å². The van der Waals surface area contributed by atoms with E-state index in [0.29, 0.717) is 0 Å². The van der Waals surface area contributed by atoms with Crippen molar-refractivity contribution in [3.63, 3.8) is 0 Å². The molecule has 0 amide bonds. The summed E-state index contributed by atoms with van der Waals surface area (Å²) in [7, 11) is 1.99. The predicted molar refractivity (Wildman–Crippen MR) is 105 cm³/mol. The Morgan fingerprint density at radius 1 is 0.808 bits per heavy atom. The third-order valence-electron chi connectivity index (χ3n) is 5.49. The summed E-state index contributed by atoms with van der Waals surface area (Å²) in [6.45, 7) is 4.23. The van der Waals surface area contributed by atoms with Crippen molar-refractivity contribution in [2.75, 3.05) is 36.0 Å². The maximum atomic E-state index is 5.05. The number of fused-ring (bicyclic) bond motifs is 1. The van der Waals surface area contributed by atoms with Crippen molar-refractivity contribution in [1.82, 2.24) is 19.7 Å². The Kier molecular flexibility index (Phi) is 3.76. The molecule has 4 heterocycles. The Balaban J connectivity index is 1.75. The van der Waals surface area contributed by atoms with E-state index in [2.05, 4.69) is 34.1 Å². The van der Waals surface area contributed by atoms with Gasteiger partial charge in [-0.2, -0.15) is 15.1 Å². The number of hydrogen-bond donors (Lipinski definition) is 0. The van der Waals surface area contributed by atoms with Gasteiger partial charge in [0.1, 0.15) is 11.5 Å². The van der Waals surface area contributed by atoms with E-state index in [0.717, 1.165) is 60.2 Å². The van der Waals surface area contributed by atoms with Gasteiger partial charge in [0.05, 0.1) is 5.39 Å². The molecule has 26 heavy (non-hydrogen) atoms. The molecule has 0 atom stereocenters. The molecule has 2 aliphatic heterocycles. The highest BCUT2D eigenvalue weighted by Gasteiger charge is 2.26. The first-order chi connectivity index (χ1) is 12.8. The minimum absolute atomic E-state index is 0.861. The zero-order valence-corrected chi connectivity index (χ0v) is 15.2. The maximum absolute atomic E-state index is 5.05. The number of benzene rings is 1. The average Bonchev–Trinajstić information content (AvgIpc) is 3.44. The lowest BCUT2D eigenvalue weighted by Crippen LogP contribution is -2.24. The van der Waals surface area contributed by atoms with Gasteiger partial charge in [0.2, 0.25) is 5.95 Å². The van der Waals surface area contributed by atoms with Crippen LogP contribution < -0.4 is 9.80 Å². The second-order valence-corrected chi connectivity index (χ2v) is 7.27. The molecule has 2 fully saturated rings. The van der Waals surface area contributed by atoms with Crippen LogP contribution in [0.25, 0.3) is 22.3 Å². The van der Waals surface area contributed by atoms with Gasteiger partial charge in [0.15, 0.2) is 5.65 Å². The second-order valence-electron chi connectivity index (χ2n) is 7.27. The molecule has 0 bridgehead atoms. The monoisotopic (exact) mass is 348 g/mol. The normalized spacial score (nSPS) is 17.6. The average molecular weight is 348 g/mol. The Labute approximate surface area is 153 Å². The molecule has 0 spiro atoms. The second kappa shape index (κ2) is 6.27. The molecule has 6 nitrogen and oxygen atoms in total. The van der Waals surface area contributed by atoms with Crippen molar-refractivity contribution in [2.45, 2.75) is 25.7 Å². The first-order valence-electron chi connectivity index (χ1n) is 9.61. The van der Waals surface area contributed by atoms with E-state index in [-0.39, 0.29) is 0 Å². The summed E-state index contributed by atoms with van der Waals surface area (Å²) in [5.41, 5.74) is 3.04. The molecule has 3 aromatic rings. The lowest BCUT2D eigenvalue weighted by Gasteiger charge is -2.21. The molecule has 0 N–H and O–H groups in total. The van der Waals surface area contributed by atoms with Gasteiger partial charge in [-0.05, 0) is 25.7 Å². The van der Waals surface area contributed by atoms with Gasteiger partial charge in [-0.1, -0.05) is 30.3 Å². The van der Waals surface area contributed by atoms with Gasteiger partial charge in [0, 0.05) is 38.8 Å². The number of hydrogen-bond acceptors (Lipinski definition) is 5. The number of rotatable bonds is 3. The van der Waals surface area contributed by atoms with Crippen LogP contribution in [-0.4, -0.2) is 45.9 Å². The van der Waals surface area contributed by atoms with E-state index in [1.165, 1.54) is 25.7 Å². The SMILES string of the molecule is Cn1nc(-c2ccccc2)c2c(N3CCCC3)nc(N3CCCC3)nc21. The Hall–Kier alpha value is -2.63. The molecule has 134 valence electrons. The maximum Gasteiger partial charge on any atom is 0.229 e. The van der Waals surface area contributed by atoms with Crippen LogP contribution >= 0.6 is 0 Å². The summed E-state index contributed by atoms with van der Waals surface area (Å²) in [6, 6.07) is 10.4.